The van der Waals surface area contributed by atoms with Gasteiger partial charge in [-0.1, -0.05) is 19.1 Å². The van der Waals surface area contributed by atoms with E-state index >= 15 is 0 Å². The fraction of sp³-hybridized carbons (Fsp3) is 0.417. The van der Waals surface area contributed by atoms with Crippen LogP contribution in [0.5, 0.6) is 0 Å². The molecule has 0 aliphatic rings. The molecule has 0 spiro atoms. The van der Waals surface area contributed by atoms with Crippen molar-refractivity contribution in [2.24, 2.45) is 0 Å². The first kappa shape index (κ1) is 12.6. The van der Waals surface area contributed by atoms with Gasteiger partial charge in [0, 0.05) is 6.04 Å². The number of nitrogens with one attached hydrogen (secondary N) is 1. The maximum absolute atomic E-state index is 12.6. The molecule has 0 aromatic heterocycles. The lowest BCUT2D eigenvalue weighted by Crippen LogP contribution is -2.35. The minimum atomic E-state index is -1.24. The summed E-state index contributed by atoms with van der Waals surface area (Å²) in [5.74, 6) is -0.848. The summed E-state index contributed by atoms with van der Waals surface area (Å²) in [6.07, 6.45) is -0.448. The zero-order chi connectivity index (χ0) is 12.1. The Labute approximate surface area is 94.3 Å². The van der Waals surface area contributed by atoms with Crippen molar-refractivity contribution >= 4 is 5.91 Å². The van der Waals surface area contributed by atoms with Crippen LogP contribution in [0.2, 0.25) is 0 Å². The first-order valence-electron chi connectivity index (χ1n) is 5.28. The third-order valence-corrected chi connectivity index (χ3v) is 2.44. The molecule has 0 heterocycles. The van der Waals surface area contributed by atoms with Crippen molar-refractivity contribution in [3.63, 3.8) is 0 Å². The van der Waals surface area contributed by atoms with Gasteiger partial charge in [-0.05, 0) is 31.0 Å². The lowest BCUT2D eigenvalue weighted by atomic mass is 10.1. The summed E-state index contributed by atoms with van der Waals surface area (Å²) in [5, 5.41) is 12.3. The van der Waals surface area contributed by atoms with Crippen LogP contribution in [-0.2, 0) is 4.79 Å². The second-order valence-electron chi connectivity index (χ2n) is 3.77. The molecule has 0 bridgehead atoms. The Bertz CT molecular complexity index is 351. The van der Waals surface area contributed by atoms with E-state index < -0.39 is 17.8 Å². The van der Waals surface area contributed by atoms with E-state index in [1.54, 1.807) is 0 Å². The summed E-state index contributed by atoms with van der Waals surface area (Å²) in [5.41, 5.74) is 0.391. The molecule has 16 heavy (non-hydrogen) atoms. The Kier molecular flexibility index (Phi) is 4.43. The van der Waals surface area contributed by atoms with Crippen LogP contribution in [0.1, 0.15) is 31.9 Å². The van der Waals surface area contributed by atoms with Gasteiger partial charge in [0.05, 0.1) is 0 Å². The molecule has 0 saturated carbocycles. The zero-order valence-electron chi connectivity index (χ0n) is 9.40. The normalized spacial score (nSPS) is 14.2. The average Bonchev–Trinajstić information content (AvgIpc) is 2.28. The maximum Gasteiger partial charge on any atom is 0.253 e. The lowest BCUT2D eigenvalue weighted by molar-refractivity contribution is -0.130. The van der Waals surface area contributed by atoms with Crippen LogP contribution in [0, 0.1) is 5.82 Å². The largest absolute Gasteiger partial charge is 0.378 e. The molecule has 0 fully saturated rings. The Morgan fingerprint density at radius 2 is 2.00 bits per heavy atom. The van der Waals surface area contributed by atoms with Crippen molar-refractivity contribution in [2.45, 2.75) is 32.4 Å². The number of aliphatic hydroxyl groups excluding tert-OH is 1. The molecular formula is C12H16FNO2. The number of halogens is 1. The standard InChI is InChI=1S/C12H16FNO2/c1-3-8(2)14-12(16)11(15)9-4-6-10(13)7-5-9/h4-8,11,15H,3H2,1-2H3,(H,14,16). The predicted octanol–water partition coefficient (Wildman–Crippen LogP) is 1.77. The van der Waals surface area contributed by atoms with Gasteiger partial charge in [0.25, 0.3) is 5.91 Å². The molecule has 2 N–H and O–H groups in total. The van der Waals surface area contributed by atoms with Crippen LogP contribution >= 0.6 is 0 Å². The van der Waals surface area contributed by atoms with E-state index in [4.69, 9.17) is 0 Å². The highest BCUT2D eigenvalue weighted by Crippen LogP contribution is 2.13. The van der Waals surface area contributed by atoms with Crippen molar-refractivity contribution in [1.29, 1.82) is 0 Å². The quantitative estimate of drug-likeness (QED) is 0.820. The first-order chi connectivity index (χ1) is 7.54. The molecule has 1 rings (SSSR count). The summed E-state index contributed by atoms with van der Waals surface area (Å²) in [7, 11) is 0. The molecule has 0 saturated heterocycles. The van der Waals surface area contributed by atoms with Crippen LogP contribution in [-0.4, -0.2) is 17.1 Å². The molecule has 3 nitrogen and oxygen atoms in total. The summed E-state index contributed by atoms with van der Waals surface area (Å²) < 4.78 is 12.6. The highest BCUT2D eigenvalue weighted by molar-refractivity contribution is 5.82. The number of amides is 1. The molecule has 0 radical (unpaired) electrons. The van der Waals surface area contributed by atoms with Crippen LogP contribution in [0.3, 0.4) is 0 Å². The SMILES string of the molecule is CCC(C)NC(=O)C(O)c1ccc(F)cc1. The second-order valence-corrected chi connectivity index (χ2v) is 3.77. The van der Waals surface area contributed by atoms with E-state index in [0.29, 0.717) is 5.56 Å². The van der Waals surface area contributed by atoms with Gasteiger partial charge in [-0.15, -0.1) is 0 Å². The second kappa shape index (κ2) is 5.61. The van der Waals surface area contributed by atoms with Gasteiger partial charge in [-0.3, -0.25) is 4.79 Å². The smallest absolute Gasteiger partial charge is 0.253 e. The summed E-state index contributed by atoms with van der Waals surface area (Å²) in [6, 6.07) is 5.25. The summed E-state index contributed by atoms with van der Waals surface area (Å²) in [4.78, 5) is 11.5. The topological polar surface area (TPSA) is 49.3 Å². The van der Waals surface area contributed by atoms with E-state index in [2.05, 4.69) is 5.32 Å². The van der Waals surface area contributed by atoms with Gasteiger partial charge in [0.2, 0.25) is 0 Å². The van der Waals surface area contributed by atoms with Gasteiger partial charge < -0.3 is 10.4 Å². The zero-order valence-corrected chi connectivity index (χ0v) is 9.40. The molecule has 0 aliphatic heterocycles. The third kappa shape index (κ3) is 3.31. The average molecular weight is 225 g/mol. The van der Waals surface area contributed by atoms with E-state index in [1.807, 2.05) is 13.8 Å². The van der Waals surface area contributed by atoms with Crippen LogP contribution in [0.15, 0.2) is 24.3 Å². The number of aliphatic hydroxyl groups is 1. The summed E-state index contributed by atoms with van der Waals surface area (Å²) >= 11 is 0. The van der Waals surface area contributed by atoms with Gasteiger partial charge in [-0.25, -0.2) is 4.39 Å². The Morgan fingerprint density at radius 1 is 1.44 bits per heavy atom. The molecule has 0 aliphatic carbocycles. The summed E-state index contributed by atoms with van der Waals surface area (Å²) in [6.45, 7) is 3.80. The van der Waals surface area contributed by atoms with Gasteiger partial charge in [0.1, 0.15) is 5.82 Å². The van der Waals surface area contributed by atoms with Crippen molar-refractivity contribution in [3.05, 3.63) is 35.6 Å². The highest BCUT2D eigenvalue weighted by atomic mass is 19.1. The van der Waals surface area contributed by atoms with E-state index in [1.165, 1.54) is 24.3 Å². The van der Waals surface area contributed by atoms with Crippen molar-refractivity contribution in [3.8, 4) is 0 Å². The van der Waals surface area contributed by atoms with Crippen LogP contribution < -0.4 is 5.32 Å². The fourth-order valence-corrected chi connectivity index (χ4v) is 1.22. The molecule has 2 unspecified atom stereocenters. The number of hydrogen-bond donors (Lipinski definition) is 2. The Hall–Kier alpha value is -1.42. The number of carbonyl (C=O) groups is 1. The fourth-order valence-electron chi connectivity index (χ4n) is 1.22. The Balaban J connectivity index is 2.66. The van der Waals surface area contributed by atoms with E-state index in [0.717, 1.165) is 6.42 Å². The number of carbonyl (C=O) groups excluding carboxylic acids is 1. The molecule has 1 aromatic rings. The third-order valence-electron chi connectivity index (χ3n) is 2.44. The number of benzene rings is 1. The van der Waals surface area contributed by atoms with E-state index in [-0.39, 0.29) is 6.04 Å². The Morgan fingerprint density at radius 3 is 2.50 bits per heavy atom. The monoisotopic (exact) mass is 225 g/mol. The van der Waals surface area contributed by atoms with E-state index in [9.17, 15) is 14.3 Å². The van der Waals surface area contributed by atoms with Gasteiger partial charge in [0.15, 0.2) is 6.10 Å². The molecule has 4 heteroatoms. The highest BCUT2D eigenvalue weighted by Gasteiger charge is 2.18. The molecule has 1 aromatic carbocycles. The first-order valence-corrected chi connectivity index (χ1v) is 5.28. The van der Waals surface area contributed by atoms with Gasteiger partial charge >= 0.3 is 0 Å². The molecule has 2 atom stereocenters. The molecular weight excluding hydrogens is 209 g/mol. The number of hydrogen-bond acceptors (Lipinski definition) is 2. The minimum absolute atomic E-state index is 0.0163. The van der Waals surface area contributed by atoms with Crippen molar-refractivity contribution < 1.29 is 14.3 Å². The van der Waals surface area contributed by atoms with Crippen molar-refractivity contribution in [1.82, 2.24) is 5.32 Å². The van der Waals surface area contributed by atoms with Gasteiger partial charge in [-0.2, -0.15) is 0 Å². The van der Waals surface area contributed by atoms with Crippen LogP contribution in [0.25, 0.3) is 0 Å². The lowest BCUT2D eigenvalue weighted by Gasteiger charge is -2.15. The molecule has 88 valence electrons. The predicted molar refractivity (Wildman–Crippen MR) is 59.3 cm³/mol. The van der Waals surface area contributed by atoms with Crippen molar-refractivity contribution in [2.75, 3.05) is 0 Å². The number of rotatable bonds is 4. The minimum Gasteiger partial charge on any atom is -0.378 e. The maximum atomic E-state index is 12.6. The molecule has 1 amide bonds. The van der Waals surface area contributed by atoms with Crippen LogP contribution in [0.4, 0.5) is 4.39 Å².